The summed E-state index contributed by atoms with van der Waals surface area (Å²) in [6.45, 7) is 0.952. The summed E-state index contributed by atoms with van der Waals surface area (Å²) in [7, 11) is 3.80. The van der Waals surface area contributed by atoms with E-state index in [1.54, 1.807) is 54.6 Å². The molecule has 0 unspecified atom stereocenters. The van der Waals surface area contributed by atoms with Gasteiger partial charge in [0.1, 0.15) is 12.4 Å². The van der Waals surface area contributed by atoms with Crippen LogP contribution in [0.25, 0.3) is 11.3 Å². The normalized spacial score (nSPS) is 10.8. The number of esters is 1. The van der Waals surface area contributed by atoms with Crippen LogP contribution in [0.15, 0.2) is 59.0 Å². The summed E-state index contributed by atoms with van der Waals surface area (Å²) in [6.07, 6.45) is 0. The highest BCUT2D eigenvalue weighted by atomic mass is 35.5. The van der Waals surface area contributed by atoms with Crippen molar-refractivity contribution in [2.24, 2.45) is 0 Å². The monoisotopic (exact) mass is 446 g/mol. The minimum atomic E-state index is -0.430. The maximum absolute atomic E-state index is 12.5. The summed E-state index contributed by atoms with van der Waals surface area (Å²) in [5.41, 5.74) is 1.52. The average molecular weight is 447 g/mol. The van der Waals surface area contributed by atoms with Gasteiger partial charge >= 0.3 is 5.97 Å². The van der Waals surface area contributed by atoms with Gasteiger partial charge in [-0.2, -0.15) is 0 Å². The van der Waals surface area contributed by atoms with E-state index >= 15 is 0 Å². The van der Waals surface area contributed by atoms with E-state index in [9.17, 15) is 9.59 Å². The fraction of sp³-hybridized carbons (Fsp3) is 0.182. The largest absolute Gasteiger partial charge is 0.461 e. The van der Waals surface area contributed by atoms with Crippen LogP contribution in [0.2, 0.25) is 10.0 Å². The Morgan fingerprint density at radius 2 is 1.77 bits per heavy atom. The van der Waals surface area contributed by atoms with Crippen molar-refractivity contribution in [3.05, 3.63) is 76.0 Å². The van der Waals surface area contributed by atoms with Crippen LogP contribution in [-0.4, -0.2) is 44.0 Å². The van der Waals surface area contributed by atoms with Crippen LogP contribution in [0, 0.1) is 0 Å². The lowest BCUT2D eigenvalue weighted by Gasteiger charge is -2.10. The topological polar surface area (TPSA) is 71.8 Å². The van der Waals surface area contributed by atoms with Gasteiger partial charge in [-0.05, 0) is 68.7 Å². The molecule has 0 bridgehead atoms. The molecule has 1 N–H and O–H groups in total. The van der Waals surface area contributed by atoms with Gasteiger partial charge in [-0.1, -0.05) is 23.2 Å². The maximum Gasteiger partial charge on any atom is 0.338 e. The smallest absolute Gasteiger partial charge is 0.338 e. The van der Waals surface area contributed by atoms with E-state index in [4.69, 9.17) is 32.4 Å². The maximum atomic E-state index is 12.5. The minimum absolute atomic E-state index is 0.119. The van der Waals surface area contributed by atoms with Gasteiger partial charge in [0.05, 0.1) is 10.6 Å². The second-order valence-electron chi connectivity index (χ2n) is 6.76. The van der Waals surface area contributed by atoms with E-state index in [2.05, 4.69) is 5.32 Å². The Hall–Kier alpha value is -2.80. The standard InChI is InChI=1S/C22H20Cl2N2O4/c1-26(2)11-12-29-22(28)14-3-6-16(7-4-14)25-21(27)20-10-9-19(30-20)17-13-15(23)5-8-18(17)24/h3-10,13H,11-12H2,1-2H3,(H,25,27). The zero-order valence-corrected chi connectivity index (χ0v) is 18.0. The van der Waals surface area contributed by atoms with Gasteiger partial charge in [-0.25, -0.2) is 4.79 Å². The SMILES string of the molecule is CN(C)CCOC(=O)c1ccc(NC(=O)c2ccc(-c3cc(Cl)ccc3Cl)o2)cc1. The number of rotatable bonds is 7. The van der Waals surface area contributed by atoms with E-state index in [0.717, 1.165) is 0 Å². The Morgan fingerprint density at radius 1 is 1.03 bits per heavy atom. The number of ether oxygens (including phenoxy) is 1. The van der Waals surface area contributed by atoms with Crippen LogP contribution in [-0.2, 0) is 4.74 Å². The first-order valence-electron chi connectivity index (χ1n) is 9.12. The van der Waals surface area contributed by atoms with Gasteiger partial charge in [0, 0.05) is 22.8 Å². The van der Waals surface area contributed by atoms with Gasteiger partial charge in [-0.15, -0.1) is 0 Å². The molecule has 8 heteroatoms. The lowest BCUT2D eigenvalue weighted by Crippen LogP contribution is -2.20. The number of nitrogens with one attached hydrogen (secondary N) is 1. The first kappa shape index (κ1) is 21.9. The summed E-state index contributed by atoms with van der Waals surface area (Å²) in [5, 5.41) is 3.70. The highest BCUT2D eigenvalue weighted by Crippen LogP contribution is 2.32. The molecule has 0 fully saturated rings. The molecule has 1 aromatic heterocycles. The Morgan fingerprint density at radius 3 is 2.47 bits per heavy atom. The molecule has 0 aliphatic rings. The van der Waals surface area contributed by atoms with Crippen LogP contribution < -0.4 is 5.32 Å². The molecule has 1 amide bonds. The number of likely N-dealkylation sites (N-methyl/N-ethyl adjacent to an activating group) is 1. The molecule has 6 nitrogen and oxygen atoms in total. The van der Waals surface area contributed by atoms with Crippen molar-refractivity contribution in [2.45, 2.75) is 0 Å². The zero-order valence-electron chi connectivity index (χ0n) is 16.4. The number of furan rings is 1. The number of carbonyl (C=O) groups excluding carboxylic acids is 2. The molecule has 0 saturated carbocycles. The third kappa shape index (κ3) is 5.63. The first-order valence-corrected chi connectivity index (χ1v) is 9.87. The molecule has 3 rings (SSSR count). The van der Waals surface area contributed by atoms with Crippen LogP contribution in [0.3, 0.4) is 0 Å². The molecule has 0 aliphatic carbocycles. The second-order valence-corrected chi connectivity index (χ2v) is 7.60. The summed E-state index contributed by atoms with van der Waals surface area (Å²) in [4.78, 5) is 26.4. The second kappa shape index (κ2) is 9.80. The van der Waals surface area contributed by atoms with Crippen LogP contribution in [0.5, 0.6) is 0 Å². The molecule has 0 saturated heterocycles. The zero-order chi connectivity index (χ0) is 21.7. The number of amides is 1. The average Bonchev–Trinajstić information content (AvgIpc) is 3.20. The molecule has 3 aromatic rings. The third-order valence-corrected chi connectivity index (χ3v) is 4.74. The molecule has 0 atom stereocenters. The van der Waals surface area contributed by atoms with Crippen molar-refractivity contribution in [3.8, 4) is 11.3 Å². The third-order valence-electron chi connectivity index (χ3n) is 4.17. The fourth-order valence-corrected chi connectivity index (χ4v) is 2.96. The summed E-state index contributed by atoms with van der Waals surface area (Å²) in [5.74, 6) is -0.291. The predicted molar refractivity (Wildman–Crippen MR) is 117 cm³/mol. The number of nitrogens with zero attached hydrogens (tertiary/aromatic N) is 1. The van der Waals surface area contributed by atoms with E-state index < -0.39 is 11.9 Å². The molecule has 1 heterocycles. The number of hydrogen-bond donors (Lipinski definition) is 1. The van der Waals surface area contributed by atoms with E-state index in [0.29, 0.717) is 45.8 Å². The van der Waals surface area contributed by atoms with Crippen molar-refractivity contribution in [3.63, 3.8) is 0 Å². The van der Waals surface area contributed by atoms with Crippen LogP contribution in [0.1, 0.15) is 20.9 Å². The van der Waals surface area contributed by atoms with Crippen molar-refractivity contribution < 1.29 is 18.7 Å². The van der Waals surface area contributed by atoms with Gasteiger partial charge in [0.15, 0.2) is 5.76 Å². The summed E-state index contributed by atoms with van der Waals surface area (Å²) in [6, 6.07) is 14.6. The van der Waals surface area contributed by atoms with Crippen LogP contribution >= 0.6 is 23.2 Å². The Kier molecular flexibility index (Phi) is 7.15. The highest BCUT2D eigenvalue weighted by Gasteiger charge is 2.15. The minimum Gasteiger partial charge on any atom is -0.461 e. The lowest BCUT2D eigenvalue weighted by molar-refractivity contribution is 0.0482. The molecule has 2 aromatic carbocycles. The van der Waals surface area contributed by atoms with E-state index in [-0.39, 0.29) is 5.76 Å². The molecule has 30 heavy (non-hydrogen) atoms. The summed E-state index contributed by atoms with van der Waals surface area (Å²) >= 11 is 12.2. The molecule has 156 valence electrons. The molecular formula is C22H20Cl2N2O4. The quantitative estimate of drug-likeness (QED) is 0.503. The number of hydrogen-bond acceptors (Lipinski definition) is 5. The van der Waals surface area contributed by atoms with Gasteiger partial charge in [-0.3, -0.25) is 4.79 Å². The van der Waals surface area contributed by atoms with Crippen molar-refractivity contribution in [1.29, 1.82) is 0 Å². The first-order chi connectivity index (χ1) is 14.3. The van der Waals surface area contributed by atoms with E-state index in [1.165, 1.54) is 0 Å². The fourth-order valence-electron chi connectivity index (χ4n) is 2.58. The van der Waals surface area contributed by atoms with Crippen molar-refractivity contribution in [1.82, 2.24) is 4.90 Å². The van der Waals surface area contributed by atoms with E-state index in [1.807, 2.05) is 19.0 Å². The number of carbonyl (C=O) groups is 2. The number of halogens is 2. The predicted octanol–water partition coefficient (Wildman–Crippen LogP) is 5.22. The number of benzene rings is 2. The molecule has 0 aliphatic heterocycles. The molecule has 0 spiro atoms. The number of anilines is 1. The Balaban J connectivity index is 1.63. The Labute approximate surface area is 184 Å². The van der Waals surface area contributed by atoms with Crippen LogP contribution in [0.4, 0.5) is 5.69 Å². The summed E-state index contributed by atoms with van der Waals surface area (Å²) < 4.78 is 10.8. The van der Waals surface area contributed by atoms with Crippen molar-refractivity contribution in [2.75, 3.05) is 32.6 Å². The van der Waals surface area contributed by atoms with Gasteiger partial charge < -0.3 is 19.4 Å². The molecular weight excluding hydrogens is 427 g/mol. The van der Waals surface area contributed by atoms with Gasteiger partial charge in [0.2, 0.25) is 0 Å². The van der Waals surface area contributed by atoms with Gasteiger partial charge in [0.25, 0.3) is 5.91 Å². The lowest BCUT2D eigenvalue weighted by atomic mass is 10.2. The van der Waals surface area contributed by atoms with Crippen molar-refractivity contribution >= 4 is 40.8 Å². The highest BCUT2D eigenvalue weighted by molar-refractivity contribution is 6.35. The molecule has 0 radical (unpaired) electrons. The Bertz CT molecular complexity index is 1050.